The Hall–Kier alpha value is -1.48. The third kappa shape index (κ3) is 3.49. The van der Waals surface area contributed by atoms with Crippen molar-refractivity contribution in [2.24, 2.45) is 0 Å². The van der Waals surface area contributed by atoms with E-state index in [9.17, 15) is 0 Å². The zero-order chi connectivity index (χ0) is 12.1. The van der Waals surface area contributed by atoms with Crippen molar-refractivity contribution in [2.75, 3.05) is 12.4 Å². The number of hydrogen-bond acceptors (Lipinski definition) is 3. The molecule has 0 amide bonds. The molecule has 0 unspecified atom stereocenters. The summed E-state index contributed by atoms with van der Waals surface area (Å²) in [5.74, 6) is 1.87. The minimum atomic E-state index is 0.911. The maximum Gasteiger partial charge on any atom is 0.125 e. The molecular formula is C14H16N2S. The molecule has 0 spiro atoms. The third-order valence-electron chi connectivity index (χ3n) is 2.51. The molecule has 2 nitrogen and oxygen atoms in total. The number of benzene rings is 1. The second-order valence-electron chi connectivity index (χ2n) is 3.90. The minimum Gasteiger partial charge on any atom is -0.373 e. The van der Waals surface area contributed by atoms with E-state index in [1.54, 1.807) is 0 Å². The van der Waals surface area contributed by atoms with Crippen molar-refractivity contribution < 1.29 is 0 Å². The SMILES string of the molecule is CNc1ccc(CSc2ccc(C)cc2)cn1. The minimum absolute atomic E-state index is 0.911. The molecule has 1 heterocycles. The number of anilines is 1. The average molecular weight is 244 g/mol. The predicted molar refractivity (Wildman–Crippen MR) is 74.5 cm³/mol. The Morgan fingerprint density at radius 1 is 1.12 bits per heavy atom. The number of thioether (sulfide) groups is 1. The Labute approximate surface area is 106 Å². The molecule has 0 bridgehead atoms. The van der Waals surface area contributed by atoms with Gasteiger partial charge in [-0.15, -0.1) is 11.8 Å². The van der Waals surface area contributed by atoms with E-state index in [-0.39, 0.29) is 0 Å². The largest absolute Gasteiger partial charge is 0.373 e. The summed E-state index contributed by atoms with van der Waals surface area (Å²) in [5, 5.41) is 3.02. The van der Waals surface area contributed by atoms with Crippen LogP contribution in [-0.4, -0.2) is 12.0 Å². The van der Waals surface area contributed by atoms with Gasteiger partial charge >= 0.3 is 0 Å². The van der Waals surface area contributed by atoms with Gasteiger partial charge in [0.05, 0.1) is 0 Å². The first-order chi connectivity index (χ1) is 8.28. The van der Waals surface area contributed by atoms with E-state index in [1.165, 1.54) is 16.0 Å². The first-order valence-electron chi connectivity index (χ1n) is 5.60. The Bertz CT molecular complexity index is 463. The second-order valence-corrected chi connectivity index (χ2v) is 4.95. The first-order valence-corrected chi connectivity index (χ1v) is 6.58. The summed E-state index contributed by atoms with van der Waals surface area (Å²) in [6.07, 6.45) is 1.92. The van der Waals surface area contributed by atoms with Gasteiger partial charge in [-0.05, 0) is 30.7 Å². The summed E-state index contributed by atoms with van der Waals surface area (Å²) in [6.45, 7) is 2.11. The summed E-state index contributed by atoms with van der Waals surface area (Å²) in [4.78, 5) is 5.60. The fourth-order valence-corrected chi connectivity index (χ4v) is 2.29. The molecule has 0 atom stereocenters. The molecule has 0 saturated carbocycles. The van der Waals surface area contributed by atoms with Gasteiger partial charge in [0.2, 0.25) is 0 Å². The Kier molecular flexibility index (Phi) is 4.04. The van der Waals surface area contributed by atoms with Crippen LogP contribution in [0, 0.1) is 6.92 Å². The predicted octanol–water partition coefficient (Wildman–Crippen LogP) is 3.72. The van der Waals surface area contributed by atoms with Gasteiger partial charge in [-0.3, -0.25) is 0 Å². The smallest absolute Gasteiger partial charge is 0.125 e. The van der Waals surface area contributed by atoms with Gasteiger partial charge in [-0.2, -0.15) is 0 Å². The number of rotatable bonds is 4. The average Bonchev–Trinajstić information content (AvgIpc) is 2.39. The molecule has 3 heteroatoms. The highest BCUT2D eigenvalue weighted by Gasteiger charge is 1.97. The van der Waals surface area contributed by atoms with Gasteiger partial charge in [0, 0.05) is 23.9 Å². The van der Waals surface area contributed by atoms with Crippen LogP contribution in [0.25, 0.3) is 0 Å². The van der Waals surface area contributed by atoms with E-state index in [1.807, 2.05) is 31.1 Å². The van der Waals surface area contributed by atoms with Crippen LogP contribution in [0.15, 0.2) is 47.5 Å². The summed E-state index contributed by atoms with van der Waals surface area (Å²) in [6, 6.07) is 12.7. The molecule has 0 aliphatic carbocycles. The van der Waals surface area contributed by atoms with Crippen LogP contribution in [0.2, 0.25) is 0 Å². The van der Waals surface area contributed by atoms with Gasteiger partial charge in [0.1, 0.15) is 5.82 Å². The number of aryl methyl sites for hydroxylation is 1. The molecule has 0 fully saturated rings. The molecule has 17 heavy (non-hydrogen) atoms. The normalized spacial score (nSPS) is 10.2. The third-order valence-corrected chi connectivity index (χ3v) is 3.59. The van der Waals surface area contributed by atoms with E-state index >= 15 is 0 Å². The van der Waals surface area contributed by atoms with E-state index in [4.69, 9.17) is 0 Å². The van der Waals surface area contributed by atoms with Gasteiger partial charge in [-0.25, -0.2) is 4.98 Å². The maximum atomic E-state index is 4.30. The molecule has 0 aliphatic heterocycles. The summed E-state index contributed by atoms with van der Waals surface area (Å²) < 4.78 is 0. The maximum absolute atomic E-state index is 4.30. The van der Waals surface area contributed by atoms with Crippen LogP contribution in [0.3, 0.4) is 0 Å². The lowest BCUT2D eigenvalue weighted by molar-refractivity contribution is 1.23. The standard InChI is InChI=1S/C14H16N2S/c1-11-3-6-13(7-4-11)17-10-12-5-8-14(15-2)16-9-12/h3-9H,10H2,1-2H3,(H,15,16). The quantitative estimate of drug-likeness (QED) is 0.830. The molecule has 88 valence electrons. The summed E-state index contributed by atoms with van der Waals surface area (Å²) in [7, 11) is 1.88. The van der Waals surface area contributed by atoms with Crippen molar-refractivity contribution in [1.29, 1.82) is 0 Å². The number of pyridine rings is 1. The monoisotopic (exact) mass is 244 g/mol. The summed E-state index contributed by atoms with van der Waals surface area (Å²) in [5.41, 5.74) is 2.55. The lowest BCUT2D eigenvalue weighted by Crippen LogP contribution is -1.92. The highest BCUT2D eigenvalue weighted by atomic mass is 32.2. The lowest BCUT2D eigenvalue weighted by atomic mass is 10.2. The van der Waals surface area contributed by atoms with Crippen LogP contribution < -0.4 is 5.32 Å². The van der Waals surface area contributed by atoms with Gasteiger partial charge in [-0.1, -0.05) is 23.8 Å². The van der Waals surface area contributed by atoms with Crippen LogP contribution in [-0.2, 0) is 5.75 Å². The lowest BCUT2D eigenvalue weighted by Gasteiger charge is -2.03. The fourth-order valence-electron chi connectivity index (χ4n) is 1.46. The van der Waals surface area contributed by atoms with Crippen LogP contribution in [0.4, 0.5) is 5.82 Å². The van der Waals surface area contributed by atoms with Crippen LogP contribution >= 0.6 is 11.8 Å². The van der Waals surface area contributed by atoms with Crippen molar-refractivity contribution in [3.8, 4) is 0 Å². The molecule has 1 N–H and O–H groups in total. The summed E-state index contributed by atoms with van der Waals surface area (Å²) >= 11 is 1.84. The molecular weight excluding hydrogens is 228 g/mol. The van der Waals surface area contributed by atoms with Crippen LogP contribution in [0.5, 0.6) is 0 Å². The number of aromatic nitrogens is 1. The van der Waals surface area contributed by atoms with E-state index < -0.39 is 0 Å². The van der Waals surface area contributed by atoms with E-state index in [2.05, 4.69) is 47.6 Å². The van der Waals surface area contributed by atoms with Gasteiger partial charge in [0.15, 0.2) is 0 Å². The van der Waals surface area contributed by atoms with Gasteiger partial charge in [0.25, 0.3) is 0 Å². The molecule has 0 radical (unpaired) electrons. The van der Waals surface area contributed by atoms with Crippen molar-refractivity contribution in [1.82, 2.24) is 4.98 Å². The Morgan fingerprint density at radius 2 is 1.88 bits per heavy atom. The first kappa shape index (κ1) is 12.0. The highest BCUT2D eigenvalue weighted by molar-refractivity contribution is 7.98. The zero-order valence-electron chi connectivity index (χ0n) is 10.1. The molecule has 0 aliphatic rings. The Balaban J connectivity index is 1.95. The van der Waals surface area contributed by atoms with E-state index in [0.29, 0.717) is 0 Å². The topological polar surface area (TPSA) is 24.9 Å². The van der Waals surface area contributed by atoms with Crippen molar-refractivity contribution in [3.63, 3.8) is 0 Å². The number of nitrogens with zero attached hydrogens (tertiary/aromatic N) is 1. The van der Waals surface area contributed by atoms with Gasteiger partial charge < -0.3 is 5.32 Å². The molecule has 1 aromatic carbocycles. The molecule has 2 rings (SSSR count). The molecule has 1 aromatic heterocycles. The zero-order valence-corrected chi connectivity index (χ0v) is 10.9. The van der Waals surface area contributed by atoms with Crippen LogP contribution in [0.1, 0.15) is 11.1 Å². The molecule has 0 saturated heterocycles. The van der Waals surface area contributed by atoms with Crippen molar-refractivity contribution in [2.45, 2.75) is 17.6 Å². The van der Waals surface area contributed by atoms with E-state index in [0.717, 1.165) is 11.6 Å². The fraction of sp³-hybridized carbons (Fsp3) is 0.214. The molecule has 2 aromatic rings. The highest BCUT2D eigenvalue weighted by Crippen LogP contribution is 2.22. The number of nitrogens with one attached hydrogen (secondary N) is 1. The number of hydrogen-bond donors (Lipinski definition) is 1. The van der Waals surface area contributed by atoms with Crippen molar-refractivity contribution in [3.05, 3.63) is 53.7 Å². The van der Waals surface area contributed by atoms with Crippen molar-refractivity contribution >= 4 is 17.6 Å². The Morgan fingerprint density at radius 3 is 2.47 bits per heavy atom. The second kappa shape index (κ2) is 5.73.